The van der Waals surface area contributed by atoms with Gasteiger partial charge in [-0.25, -0.2) is 0 Å². The van der Waals surface area contributed by atoms with Crippen molar-refractivity contribution in [1.29, 1.82) is 0 Å². The van der Waals surface area contributed by atoms with Crippen molar-refractivity contribution in [3.05, 3.63) is 40.0 Å². The summed E-state index contributed by atoms with van der Waals surface area (Å²) in [7, 11) is 0. The van der Waals surface area contributed by atoms with Gasteiger partial charge in [0.15, 0.2) is 0 Å². The molecule has 4 nitrogen and oxygen atoms in total. The first-order chi connectivity index (χ1) is 8.19. The van der Waals surface area contributed by atoms with E-state index in [2.05, 4.69) is 28.0 Å². The third kappa shape index (κ3) is 2.17. The van der Waals surface area contributed by atoms with Crippen LogP contribution in [0.1, 0.15) is 36.9 Å². The van der Waals surface area contributed by atoms with E-state index in [4.69, 9.17) is 10.2 Å². The van der Waals surface area contributed by atoms with Gasteiger partial charge in [-0.15, -0.1) is 0 Å². The molecule has 2 heterocycles. The standard InChI is InChI=1S/C12H16BrN3O/c1-3-10-8(5-6-17-10)11(14)12-9(13)7-15-16(12)4-2/h5-7,11H,3-4,14H2,1-2H3. The molecule has 0 bridgehead atoms. The highest BCUT2D eigenvalue weighted by Gasteiger charge is 2.21. The van der Waals surface area contributed by atoms with E-state index in [0.29, 0.717) is 0 Å². The van der Waals surface area contributed by atoms with Gasteiger partial charge in [-0.1, -0.05) is 6.92 Å². The molecule has 5 heteroatoms. The number of aromatic nitrogens is 2. The van der Waals surface area contributed by atoms with Crippen LogP contribution in [0.25, 0.3) is 0 Å². The molecule has 0 saturated heterocycles. The molecule has 17 heavy (non-hydrogen) atoms. The number of halogens is 1. The van der Waals surface area contributed by atoms with Crippen LogP contribution in [0.2, 0.25) is 0 Å². The molecule has 2 aromatic rings. The highest BCUT2D eigenvalue weighted by molar-refractivity contribution is 9.10. The second kappa shape index (κ2) is 5.06. The lowest BCUT2D eigenvalue weighted by atomic mass is 10.0. The van der Waals surface area contributed by atoms with Gasteiger partial charge >= 0.3 is 0 Å². The minimum atomic E-state index is -0.208. The molecule has 0 saturated carbocycles. The maximum absolute atomic E-state index is 6.31. The summed E-state index contributed by atoms with van der Waals surface area (Å²) in [5, 5.41) is 4.28. The number of nitrogens with two attached hydrogens (primary N) is 1. The summed E-state index contributed by atoms with van der Waals surface area (Å²) in [5.41, 5.74) is 8.33. The normalized spacial score (nSPS) is 12.9. The average molecular weight is 298 g/mol. The van der Waals surface area contributed by atoms with Crippen LogP contribution in [-0.4, -0.2) is 9.78 Å². The molecule has 1 unspecified atom stereocenters. The van der Waals surface area contributed by atoms with E-state index in [1.54, 1.807) is 12.5 Å². The van der Waals surface area contributed by atoms with E-state index >= 15 is 0 Å². The van der Waals surface area contributed by atoms with Crippen molar-refractivity contribution in [2.75, 3.05) is 0 Å². The lowest BCUT2D eigenvalue weighted by Crippen LogP contribution is -2.18. The van der Waals surface area contributed by atoms with E-state index in [-0.39, 0.29) is 6.04 Å². The minimum Gasteiger partial charge on any atom is -0.469 e. The number of rotatable bonds is 4. The average Bonchev–Trinajstić information content (AvgIpc) is 2.93. The summed E-state index contributed by atoms with van der Waals surface area (Å²) >= 11 is 3.50. The molecule has 0 amide bonds. The number of nitrogens with zero attached hydrogens (tertiary/aromatic N) is 2. The van der Waals surface area contributed by atoms with Crippen molar-refractivity contribution in [3.8, 4) is 0 Å². The van der Waals surface area contributed by atoms with Crippen molar-refractivity contribution < 1.29 is 4.42 Å². The van der Waals surface area contributed by atoms with Crippen LogP contribution < -0.4 is 5.73 Å². The van der Waals surface area contributed by atoms with Crippen molar-refractivity contribution >= 4 is 15.9 Å². The van der Waals surface area contributed by atoms with Crippen molar-refractivity contribution in [2.45, 2.75) is 32.9 Å². The second-order valence-electron chi connectivity index (χ2n) is 3.82. The van der Waals surface area contributed by atoms with Gasteiger partial charge in [-0.2, -0.15) is 5.10 Å². The maximum atomic E-state index is 6.31. The van der Waals surface area contributed by atoms with Gasteiger partial charge in [0.1, 0.15) is 5.76 Å². The topological polar surface area (TPSA) is 57.0 Å². The number of hydrogen-bond acceptors (Lipinski definition) is 3. The molecule has 0 spiro atoms. The monoisotopic (exact) mass is 297 g/mol. The van der Waals surface area contributed by atoms with Gasteiger partial charge in [0.05, 0.1) is 28.7 Å². The van der Waals surface area contributed by atoms with Gasteiger partial charge in [0.2, 0.25) is 0 Å². The van der Waals surface area contributed by atoms with Gasteiger partial charge < -0.3 is 10.2 Å². The molecule has 1 atom stereocenters. The molecule has 0 aliphatic carbocycles. The van der Waals surface area contributed by atoms with E-state index in [9.17, 15) is 0 Å². The lowest BCUT2D eigenvalue weighted by molar-refractivity contribution is 0.506. The quantitative estimate of drug-likeness (QED) is 0.944. The Hall–Kier alpha value is -1.07. The van der Waals surface area contributed by atoms with E-state index in [1.165, 1.54) is 0 Å². The van der Waals surface area contributed by atoms with Gasteiger partial charge in [-0.05, 0) is 28.9 Å². The molecule has 92 valence electrons. The second-order valence-corrected chi connectivity index (χ2v) is 4.68. The van der Waals surface area contributed by atoms with Gasteiger partial charge in [0.25, 0.3) is 0 Å². The Bertz CT molecular complexity index is 504. The Morgan fingerprint density at radius 3 is 2.94 bits per heavy atom. The van der Waals surface area contributed by atoms with Crippen LogP contribution in [-0.2, 0) is 13.0 Å². The van der Waals surface area contributed by atoms with Crippen LogP contribution in [0.5, 0.6) is 0 Å². The Labute approximate surface area is 109 Å². The summed E-state index contributed by atoms with van der Waals surface area (Å²) in [6.07, 6.45) is 4.31. The van der Waals surface area contributed by atoms with Crippen LogP contribution >= 0.6 is 15.9 Å². The maximum Gasteiger partial charge on any atom is 0.108 e. The summed E-state index contributed by atoms with van der Waals surface area (Å²) in [5.74, 6) is 0.938. The molecule has 0 fully saturated rings. The summed E-state index contributed by atoms with van der Waals surface area (Å²) < 4.78 is 8.27. The van der Waals surface area contributed by atoms with E-state index in [1.807, 2.05) is 17.7 Å². The molecule has 2 N–H and O–H groups in total. The van der Waals surface area contributed by atoms with Crippen LogP contribution in [0, 0.1) is 0 Å². The molecule has 0 aliphatic heterocycles. The number of hydrogen-bond donors (Lipinski definition) is 1. The minimum absolute atomic E-state index is 0.208. The lowest BCUT2D eigenvalue weighted by Gasteiger charge is -2.14. The molecule has 0 aromatic carbocycles. The van der Waals surface area contributed by atoms with E-state index in [0.717, 1.165) is 34.5 Å². The molecular formula is C12H16BrN3O. The number of aryl methyl sites for hydroxylation is 2. The van der Waals surface area contributed by atoms with Crippen LogP contribution in [0.4, 0.5) is 0 Å². The first kappa shape index (κ1) is 12.4. The fourth-order valence-corrected chi connectivity index (χ4v) is 2.54. The highest BCUT2D eigenvalue weighted by Crippen LogP contribution is 2.29. The molecule has 0 aliphatic rings. The van der Waals surface area contributed by atoms with Gasteiger partial charge in [-0.3, -0.25) is 4.68 Å². The third-order valence-corrected chi connectivity index (χ3v) is 3.47. The Morgan fingerprint density at radius 2 is 2.29 bits per heavy atom. The Morgan fingerprint density at radius 1 is 1.53 bits per heavy atom. The smallest absolute Gasteiger partial charge is 0.108 e. The van der Waals surface area contributed by atoms with Crippen LogP contribution in [0.15, 0.2) is 27.4 Å². The molecule has 0 radical (unpaired) electrons. The molecule has 2 aromatic heterocycles. The first-order valence-corrected chi connectivity index (χ1v) is 6.51. The number of furan rings is 1. The predicted octanol–water partition coefficient (Wildman–Crippen LogP) is 2.87. The SMILES string of the molecule is CCc1occc1C(N)c1c(Br)cnn1CC. The van der Waals surface area contributed by atoms with Crippen molar-refractivity contribution in [3.63, 3.8) is 0 Å². The fourth-order valence-electron chi connectivity index (χ4n) is 2.00. The van der Waals surface area contributed by atoms with E-state index < -0.39 is 0 Å². The Balaban J connectivity index is 2.43. The first-order valence-electron chi connectivity index (χ1n) is 5.72. The fraction of sp³-hybridized carbons (Fsp3) is 0.417. The van der Waals surface area contributed by atoms with Gasteiger partial charge in [0, 0.05) is 18.5 Å². The largest absolute Gasteiger partial charge is 0.469 e. The van der Waals surface area contributed by atoms with Crippen LogP contribution in [0.3, 0.4) is 0 Å². The van der Waals surface area contributed by atoms with Crippen molar-refractivity contribution in [1.82, 2.24) is 9.78 Å². The third-order valence-electron chi connectivity index (χ3n) is 2.86. The zero-order valence-corrected chi connectivity index (χ0v) is 11.6. The predicted molar refractivity (Wildman–Crippen MR) is 69.7 cm³/mol. The van der Waals surface area contributed by atoms with Crippen molar-refractivity contribution in [2.24, 2.45) is 5.73 Å². The summed E-state index contributed by atoms with van der Waals surface area (Å²) in [6.45, 7) is 4.90. The zero-order valence-electron chi connectivity index (χ0n) is 9.98. The summed E-state index contributed by atoms with van der Waals surface area (Å²) in [6, 6.07) is 1.73. The molecular weight excluding hydrogens is 282 g/mol. The Kier molecular flexibility index (Phi) is 3.69. The zero-order chi connectivity index (χ0) is 12.4. The summed E-state index contributed by atoms with van der Waals surface area (Å²) in [4.78, 5) is 0. The highest BCUT2D eigenvalue weighted by atomic mass is 79.9. The molecule has 2 rings (SSSR count).